The van der Waals surface area contributed by atoms with E-state index in [4.69, 9.17) is 4.74 Å². The number of carbonyl (C=O) groups excluding carboxylic acids is 1. The lowest BCUT2D eigenvalue weighted by molar-refractivity contribution is -0.134. The van der Waals surface area contributed by atoms with Gasteiger partial charge in [0.2, 0.25) is 5.91 Å². The number of benzene rings is 1. The van der Waals surface area contributed by atoms with Crippen LogP contribution in [0, 0.1) is 0 Å². The molecule has 0 spiro atoms. The predicted molar refractivity (Wildman–Crippen MR) is 91.1 cm³/mol. The van der Waals surface area contributed by atoms with Crippen molar-refractivity contribution in [3.8, 4) is 0 Å². The van der Waals surface area contributed by atoms with E-state index in [-0.39, 0.29) is 5.91 Å². The summed E-state index contributed by atoms with van der Waals surface area (Å²) in [7, 11) is 1.66. The van der Waals surface area contributed by atoms with Crippen LogP contribution in [0.25, 0.3) is 0 Å². The third-order valence-electron chi connectivity index (χ3n) is 5.23. The Morgan fingerprint density at radius 1 is 1.13 bits per heavy atom. The molecule has 126 valence electrons. The van der Waals surface area contributed by atoms with E-state index in [2.05, 4.69) is 40.1 Å². The molecule has 0 aliphatic carbocycles. The van der Waals surface area contributed by atoms with E-state index in [1.165, 1.54) is 18.4 Å². The summed E-state index contributed by atoms with van der Waals surface area (Å²) >= 11 is 0. The first-order valence-electron chi connectivity index (χ1n) is 8.86. The Kier molecular flexibility index (Phi) is 5.68. The van der Waals surface area contributed by atoms with Gasteiger partial charge < -0.3 is 9.64 Å². The van der Waals surface area contributed by atoms with Gasteiger partial charge in [-0.25, -0.2) is 0 Å². The summed E-state index contributed by atoms with van der Waals surface area (Å²) in [5.74, 6) is 0.265. The molecule has 2 atom stereocenters. The van der Waals surface area contributed by atoms with Crippen LogP contribution in [0.4, 0.5) is 0 Å². The van der Waals surface area contributed by atoms with Gasteiger partial charge in [0.1, 0.15) is 0 Å². The Labute approximate surface area is 139 Å². The standard InChI is InChI=1S/C19H28N2O2/c1-23-14-11-19(22)21-13-6-10-18(21)17-9-5-12-20(17)15-16-7-3-2-4-8-16/h2-4,7-8,17-18H,5-6,9-15H2,1H3/t17-,18+/m1/s1. The van der Waals surface area contributed by atoms with Crippen molar-refractivity contribution in [2.24, 2.45) is 0 Å². The van der Waals surface area contributed by atoms with Gasteiger partial charge in [-0.2, -0.15) is 0 Å². The molecular weight excluding hydrogens is 288 g/mol. The number of nitrogens with zero attached hydrogens (tertiary/aromatic N) is 2. The number of rotatable bonds is 6. The summed E-state index contributed by atoms with van der Waals surface area (Å²) in [5.41, 5.74) is 1.37. The molecule has 0 N–H and O–H groups in total. The molecule has 1 aromatic rings. The normalized spacial score (nSPS) is 25.2. The topological polar surface area (TPSA) is 32.8 Å². The van der Waals surface area contributed by atoms with Gasteiger partial charge in [0.05, 0.1) is 13.0 Å². The van der Waals surface area contributed by atoms with Crippen LogP contribution in [0.3, 0.4) is 0 Å². The first kappa shape index (κ1) is 16.5. The lowest BCUT2D eigenvalue weighted by Gasteiger charge is -2.35. The highest BCUT2D eigenvalue weighted by Crippen LogP contribution is 2.31. The van der Waals surface area contributed by atoms with Crippen LogP contribution in [-0.2, 0) is 16.1 Å². The largest absolute Gasteiger partial charge is 0.384 e. The molecule has 0 saturated carbocycles. The zero-order valence-electron chi connectivity index (χ0n) is 14.1. The maximum Gasteiger partial charge on any atom is 0.225 e. The molecule has 0 aromatic heterocycles. The average molecular weight is 316 g/mol. The molecule has 3 rings (SSSR count). The van der Waals surface area contributed by atoms with Gasteiger partial charge in [-0.3, -0.25) is 9.69 Å². The number of hydrogen-bond donors (Lipinski definition) is 0. The second-order valence-corrected chi connectivity index (χ2v) is 6.71. The van der Waals surface area contributed by atoms with Crippen LogP contribution >= 0.6 is 0 Å². The molecule has 2 aliphatic rings. The van der Waals surface area contributed by atoms with Gasteiger partial charge in [-0.1, -0.05) is 30.3 Å². The molecule has 2 aliphatic heterocycles. The minimum absolute atomic E-state index is 0.265. The van der Waals surface area contributed by atoms with Crippen molar-refractivity contribution in [1.82, 2.24) is 9.80 Å². The third-order valence-corrected chi connectivity index (χ3v) is 5.23. The second kappa shape index (κ2) is 7.93. The summed E-state index contributed by atoms with van der Waals surface area (Å²) < 4.78 is 5.07. The Morgan fingerprint density at radius 3 is 2.65 bits per heavy atom. The monoisotopic (exact) mass is 316 g/mol. The van der Waals surface area contributed by atoms with Crippen molar-refractivity contribution in [2.75, 3.05) is 26.8 Å². The second-order valence-electron chi connectivity index (χ2n) is 6.71. The smallest absolute Gasteiger partial charge is 0.225 e. The molecule has 0 radical (unpaired) electrons. The van der Waals surface area contributed by atoms with Gasteiger partial charge in [0.25, 0.3) is 0 Å². The van der Waals surface area contributed by atoms with Gasteiger partial charge >= 0.3 is 0 Å². The van der Waals surface area contributed by atoms with Crippen molar-refractivity contribution in [1.29, 1.82) is 0 Å². The summed E-state index contributed by atoms with van der Waals surface area (Å²) in [6, 6.07) is 11.6. The maximum absolute atomic E-state index is 12.5. The number of amides is 1. The fourth-order valence-electron chi connectivity index (χ4n) is 4.14. The Hall–Kier alpha value is -1.39. The van der Waals surface area contributed by atoms with Crippen LogP contribution < -0.4 is 0 Å². The summed E-state index contributed by atoms with van der Waals surface area (Å²) in [6.45, 7) is 3.60. The molecule has 1 aromatic carbocycles. The highest BCUT2D eigenvalue weighted by molar-refractivity contribution is 5.77. The molecule has 0 unspecified atom stereocenters. The summed E-state index contributed by atoms with van der Waals surface area (Å²) in [5, 5.41) is 0. The first-order valence-corrected chi connectivity index (χ1v) is 8.86. The molecule has 23 heavy (non-hydrogen) atoms. The lowest BCUT2D eigenvalue weighted by atomic mass is 10.0. The number of likely N-dealkylation sites (tertiary alicyclic amines) is 2. The summed E-state index contributed by atoms with van der Waals surface area (Å²) in [6.07, 6.45) is 5.26. The number of hydrogen-bond acceptors (Lipinski definition) is 3. The van der Waals surface area contributed by atoms with E-state index in [0.717, 1.165) is 32.5 Å². The minimum atomic E-state index is 0.265. The first-order chi connectivity index (χ1) is 11.3. The van der Waals surface area contributed by atoms with E-state index in [0.29, 0.717) is 25.1 Å². The third kappa shape index (κ3) is 3.93. The Bertz CT molecular complexity index is 505. The van der Waals surface area contributed by atoms with Gasteiger partial charge in [0, 0.05) is 32.3 Å². The van der Waals surface area contributed by atoms with Crippen LogP contribution in [0.2, 0.25) is 0 Å². The van der Waals surface area contributed by atoms with Gasteiger partial charge in [0.15, 0.2) is 0 Å². The number of methoxy groups -OCH3 is 1. The zero-order valence-corrected chi connectivity index (χ0v) is 14.1. The van der Waals surface area contributed by atoms with Crippen LogP contribution in [0.15, 0.2) is 30.3 Å². The molecule has 2 heterocycles. The van der Waals surface area contributed by atoms with Crippen molar-refractivity contribution in [2.45, 2.75) is 50.7 Å². The molecule has 2 fully saturated rings. The fourth-order valence-corrected chi connectivity index (χ4v) is 4.14. The molecule has 2 saturated heterocycles. The molecular formula is C19H28N2O2. The fraction of sp³-hybridized carbons (Fsp3) is 0.632. The quantitative estimate of drug-likeness (QED) is 0.809. The van der Waals surface area contributed by atoms with Crippen LogP contribution in [0.1, 0.15) is 37.7 Å². The van der Waals surface area contributed by atoms with Crippen molar-refractivity contribution >= 4 is 5.91 Å². The van der Waals surface area contributed by atoms with Crippen molar-refractivity contribution in [3.63, 3.8) is 0 Å². The summed E-state index contributed by atoms with van der Waals surface area (Å²) in [4.78, 5) is 17.2. The molecule has 0 bridgehead atoms. The van der Waals surface area contributed by atoms with E-state index >= 15 is 0 Å². The highest BCUT2D eigenvalue weighted by Gasteiger charge is 2.39. The van der Waals surface area contributed by atoms with E-state index in [1.807, 2.05) is 0 Å². The van der Waals surface area contributed by atoms with E-state index in [1.54, 1.807) is 7.11 Å². The SMILES string of the molecule is COCCC(=O)N1CCC[C@H]1[C@H]1CCCN1Cc1ccccc1. The minimum Gasteiger partial charge on any atom is -0.384 e. The molecule has 4 nitrogen and oxygen atoms in total. The van der Waals surface area contributed by atoms with E-state index in [9.17, 15) is 4.79 Å². The Balaban J connectivity index is 1.65. The maximum atomic E-state index is 12.5. The highest BCUT2D eigenvalue weighted by atomic mass is 16.5. The number of ether oxygens (including phenoxy) is 1. The molecule has 1 amide bonds. The molecule has 4 heteroatoms. The van der Waals surface area contributed by atoms with Crippen molar-refractivity contribution in [3.05, 3.63) is 35.9 Å². The van der Waals surface area contributed by atoms with Gasteiger partial charge in [-0.15, -0.1) is 0 Å². The zero-order chi connectivity index (χ0) is 16.1. The van der Waals surface area contributed by atoms with Crippen molar-refractivity contribution < 1.29 is 9.53 Å². The van der Waals surface area contributed by atoms with Gasteiger partial charge in [-0.05, 0) is 37.8 Å². The Morgan fingerprint density at radius 2 is 1.87 bits per heavy atom. The lowest BCUT2D eigenvalue weighted by Crippen LogP contribution is -2.48. The predicted octanol–water partition coefficient (Wildman–Crippen LogP) is 2.68. The van der Waals surface area contributed by atoms with E-state index < -0.39 is 0 Å². The average Bonchev–Trinajstić information content (AvgIpc) is 3.22. The van der Waals surface area contributed by atoms with Crippen LogP contribution in [0.5, 0.6) is 0 Å². The number of carbonyl (C=O) groups is 1. The van der Waals surface area contributed by atoms with Crippen LogP contribution in [-0.4, -0.2) is 54.6 Å².